The van der Waals surface area contributed by atoms with Crippen molar-refractivity contribution >= 4 is 21.6 Å². The maximum absolute atomic E-state index is 13.2. The second-order valence-corrected chi connectivity index (χ2v) is 8.66. The zero-order chi connectivity index (χ0) is 21.6. The lowest BCUT2D eigenvalue weighted by molar-refractivity contribution is -0.116. The van der Waals surface area contributed by atoms with Crippen LogP contribution in [0.1, 0.15) is 11.1 Å². The Morgan fingerprint density at radius 1 is 1.07 bits per heavy atom. The summed E-state index contributed by atoms with van der Waals surface area (Å²) in [6.07, 6.45) is 2.77. The molecule has 7 nitrogen and oxygen atoms in total. The first-order valence-corrected chi connectivity index (χ1v) is 10.7. The highest BCUT2D eigenvalue weighted by Gasteiger charge is 2.27. The normalized spacial score (nSPS) is 11.3. The fraction of sp³-hybridized carbons (Fsp3) is 0.182. The molecule has 30 heavy (non-hydrogen) atoms. The zero-order valence-corrected chi connectivity index (χ0v) is 17.6. The molecule has 8 heteroatoms. The fourth-order valence-corrected chi connectivity index (χ4v) is 4.16. The predicted octanol–water partition coefficient (Wildman–Crippen LogP) is 3.23. The van der Waals surface area contributed by atoms with E-state index >= 15 is 0 Å². The number of nitrogens with zero attached hydrogens (tertiary/aromatic N) is 2. The number of amides is 1. The molecule has 0 aliphatic heterocycles. The van der Waals surface area contributed by atoms with Gasteiger partial charge >= 0.3 is 0 Å². The summed E-state index contributed by atoms with van der Waals surface area (Å²) >= 11 is 0. The minimum absolute atomic E-state index is 0.0293. The SMILES string of the molecule is COc1ccc(CN(CC(=O)Nc2ccc(C)cc2)S(=O)(=O)c2cccnc2)cc1. The average Bonchev–Trinajstić information content (AvgIpc) is 2.76. The summed E-state index contributed by atoms with van der Waals surface area (Å²) in [5.41, 5.74) is 2.40. The molecule has 1 N–H and O–H groups in total. The van der Waals surface area contributed by atoms with Gasteiger partial charge in [0.2, 0.25) is 15.9 Å². The second-order valence-electron chi connectivity index (χ2n) is 6.72. The van der Waals surface area contributed by atoms with E-state index in [4.69, 9.17) is 4.74 Å². The van der Waals surface area contributed by atoms with Crippen molar-refractivity contribution in [3.05, 3.63) is 84.2 Å². The van der Waals surface area contributed by atoms with Crippen LogP contribution in [0, 0.1) is 6.92 Å². The molecule has 156 valence electrons. The topological polar surface area (TPSA) is 88.6 Å². The highest BCUT2D eigenvalue weighted by Crippen LogP contribution is 2.20. The standard InChI is InChI=1S/C22H23N3O4S/c1-17-5-9-19(10-6-17)24-22(26)16-25(15-18-7-11-20(29-2)12-8-18)30(27,28)21-4-3-13-23-14-21/h3-14H,15-16H2,1-2H3,(H,24,26). The highest BCUT2D eigenvalue weighted by atomic mass is 32.2. The van der Waals surface area contributed by atoms with Crippen LogP contribution in [0.4, 0.5) is 5.69 Å². The molecule has 3 rings (SSSR count). The second kappa shape index (κ2) is 9.51. The van der Waals surface area contributed by atoms with Crippen molar-refractivity contribution in [3.63, 3.8) is 0 Å². The molecule has 0 aliphatic carbocycles. The van der Waals surface area contributed by atoms with Crippen LogP contribution in [0.3, 0.4) is 0 Å². The molecule has 0 spiro atoms. The van der Waals surface area contributed by atoms with Crippen molar-refractivity contribution in [2.75, 3.05) is 19.0 Å². The van der Waals surface area contributed by atoms with Gasteiger partial charge in [-0.3, -0.25) is 9.78 Å². The summed E-state index contributed by atoms with van der Waals surface area (Å²) in [5.74, 6) is 0.234. The predicted molar refractivity (Wildman–Crippen MR) is 115 cm³/mol. The van der Waals surface area contributed by atoms with E-state index in [-0.39, 0.29) is 18.0 Å². The van der Waals surface area contributed by atoms with Crippen LogP contribution in [0.5, 0.6) is 5.75 Å². The first kappa shape index (κ1) is 21.5. The number of nitrogens with one attached hydrogen (secondary N) is 1. The molecule has 1 amide bonds. The van der Waals surface area contributed by atoms with Gasteiger partial charge < -0.3 is 10.1 Å². The van der Waals surface area contributed by atoms with E-state index in [9.17, 15) is 13.2 Å². The molecule has 0 bridgehead atoms. The first-order chi connectivity index (χ1) is 14.4. The average molecular weight is 426 g/mol. The third-order valence-corrected chi connectivity index (χ3v) is 6.22. The van der Waals surface area contributed by atoms with Crippen LogP contribution in [0.25, 0.3) is 0 Å². The van der Waals surface area contributed by atoms with Gasteiger partial charge in [0.15, 0.2) is 0 Å². The van der Waals surface area contributed by atoms with Gasteiger partial charge in [-0.2, -0.15) is 4.31 Å². The number of aryl methyl sites for hydroxylation is 1. The van der Waals surface area contributed by atoms with Gasteiger partial charge in [0.05, 0.1) is 13.7 Å². The van der Waals surface area contributed by atoms with Crippen LogP contribution in [-0.2, 0) is 21.4 Å². The number of hydrogen-bond acceptors (Lipinski definition) is 5. The summed E-state index contributed by atoms with van der Waals surface area (Å²) in [4.78, 5) is 16.5. The fourth-order valence-electron chi connectivity index (χ4n) is 2.81. The summed E-state index contributed by atoms with van der Waals surface area (Å²) in [7, 11) is -2.37. The number of benzene rings is 2. The van der Waals surface area contributed by atoms with Gasteiger partial charge in [-0.25, -0.2) is 8.42 Å². The molecule has 0 saturated carbocycles. The number of aromatic nitrogens is 1. The van der Waals surface area contributed by atoms with Crippen LogP contribution >= 0.6 is 0 Å². The van der Waals surface area contributed by atoms with Crippen LogP contribution < -0.4 is 10.1 Å². The van der Waals surface area contributed by atoms with Crippen molar-refractivity contribution in [1.82, 2.24) is 9.29 Å². The Morgan fingerprint density at radius 2 is 1.77 bits per heavy atom. The van der Waals surface area contributed by atoms with Gasteiger partial charge in [0.1, 0.15) is 10.6 Å². The van der Waals surface area contributed by atoms with Gasteiger partial charge in [-0.05, 0) is 48.9 Å². The Morgan fingerprint density at radius 3 is 2.37 bits per heavy atom. The molecule has 0 radical (unpaired) electrons. The molecular weight excluding hydrogens is 402 g/mol. The van der Waals surface area contributed by atoms with Gasteiger partial charge in [0.25, 0.3) is 0 Å². The van der Waals surface area contributed by atoms with E-state index in [2.05, 4.69) is 10.3 Å². The number of rotatable bonds is 8. The maximum Gasteiger partial charge on any atom is 0.245 e. The van der Waals surface area contributed by atoms with E-state index in [1.807, 2.05) is 19.1 Å². The third kappa shape index (κ3) is 5.43. The number of sulfonamides is 1. The molecule has 3 aromatic rings. The molecule has 0 atom stereocenters. The Balaban J connectivity index is 1.84. The Bertz CT molecular complexity index is 1080. The van der Waals surface area contributed by atoms with Crippen molar-refractivity contribution < 1.29 is 17.9 Å². The van der Waals surface area contributed by atoms with Crippen LogP contribution in [-0.4, -0.2) is 37.3 Å². The monoisotopic (exact) mass is 425 g/mol. The van der Waals surface area contributed by atoms with Crippen molar-refractivity contribution in [2.45, 2.75) is 18.4 Å². The lowest BCUT2D eigenvalue weighted by Crippen LogP contribution is -2.37. The summed E-state index contributed by atoms with van der Waals surface area (Å²) in [6, 6.07) is 17.3. The summed E-state index contributed by atoms with van der Waals surface area (Å²) in [5, 5.41) is 2.75. The number of carbonyl (C=O) groups excluding carboxylic acids is 1. The first-order valence-electron chi connectivity index (χ1n) is 9.28. The molecular formula is C22H23N3O4S. The molecule has 2 aromatic carbocycles. The highest BCUT2D eigenvalue weighted by molar-refractivity contribution is 7.89. The lowest BCUT2D eigenvalue weighted by atomic mass is 10.2. The number of hydrogen-bond donors (Lipinski definition) is 1. The summed E-state index contributed by atoms with van der Waals surface area (Å²) < 4.78 is 32.6. The Labute approximate surface area is 176 Å². The number of anilines is 1. The molecule has 0 unspecified atom stereocenters. The van der Waals surface area contributed by atoms with Gasteiger partial charge in [-0.1, -0.05) is 29.8 Å². The van der Waals surface area contributed by atoms with E-state index in [1.165, 1.54) is 18.5 Å². The van der Waals surface area contributed by atoms with E-state index in [0.717, 1.165) is 15.4 Å². The maximum atomic E-state index is 13.2. The minimum atomic E-state index is -3.93. The molecule has 1 aromatic heterocycles. The molecule has 0 saturated heterocycles. The number of methoxy groups -OCH3 is 1. The number of ether oxygens (including phenoxy) is 1. The molecule has 0 fully saturated rings. The summed E-state index contributed by atoms with van der Waals surface area (Å²) in [6.45, 7) is 1.64. The number of carbonyl (C=O) groups is 1. The largest absolute Gasteiger partial charge is 0.497 e. The van der Waals surface area contributed by atoms with Crippen molar-refractivity contribution in [1.29, 1.82) is 0 Å². The zero-order valence-electron chi connectivity index (χ0n) is 16.8. The van der Waals surface area contributed by atoms with Gasteiger partial charge in [0, 0.05) is 24.6 Å². The lowest BCUT2D eigenvalue weighted by Gasteiger charge is -2.22. The smallest absolute Gasteiger partial charge is 0.245 e. The van der Waals surface area contributed by atoms with E-state index in [1.54, 1.807) is 49.6 Å². The number of pyridine rings is 1. The Hall–Kier alpha value is -3.23. The third-order valence-electron chi connectivity index (χ3n) is 4.45. The minimum Gasteiger partial charge on any atom is -0.497 e. The molecule has 1 heterocycles. The van der Waals surface area contributed by atoms with Crippen molar-refractivity contribution in [2.24, 2.45) is 0 Å². The molecule has 0 aliphatic rings. The van der Waals surface area contributed by atoms with Crippen LogP contribution in [0.2, 0.25) is 0 Å². The van der Waals surface area contributed by atoms with E-state index < -0.39 is 15.9 Å². The van der Waals surface area contributed by atoms with Gasteiger partial charge in [-0.15, -0.1) is 0 Å². The Kier molecular flexibility index (Phi) is 6.81. The van der Waals surface area contributed by atoms with Crippen LogP contribution in [0.15, 0.2) is 78.0 Å². The van der Waals surface area contributed by atoms with E-state index in [0.29, 0.717) is 11.4 Å². The quantitative estimate of drug-likeness (QED) is 0.599. The van der Waals surface area contributed by atoms with Crippen molar-refractivity contribution in [3.8, 4) is 5.75 Å².